The van der Waals surface area contributed by atoms with Crippen LogP contribution in [0.5, 0.6) is 0 Å². The molecule has 0 saturated heterocycles. The summed E-state index contributed by atoms with van der Waals surface area (Å²) in [5, 5.41) is 6.88. The lowest BCUT2D eigenvalue weighted by Crippen LogP contribution is -2.27. The van der Waals surface area contributed by atoms with Crippen LogP contribution in [0.3, 0.4) is 0 Å². The molecule has 0 aliphatic rings. The smallest absolute Gasteiger partial charge is 0.0928 e. The molecule has 0 fully saturated rings. The van der Waals surface area contributed by atoms with E-state index in [2.05, 4.69) is 36.5 Å². The molecule has 14 heavy (non-hydrogen) atoms. The van der Waals surface area contributed by atoms with Crippen molar-refractivity contribution in [1.29, 1.82) is 0 Å². The molecule has 0 aliphatic heterocycles. The van der Waals surface area contributed by atoms with Crippen LogP contribution in [0.25, 0.3) is 0 Å². The molecule has 2 nitrogen and oxygen atoms in total. The second-order valence-corrected chi connectivity index (χ2v) is 4.72. The zero-order valence-corrected chi connectivity index (χ0v) is 10.2. The van der Waals surface area contributed by atoms with Crippen LogP contribution < -0.4 is 5.32 Å². The summed E-state index contributed by atoms with van der Waals surface area (Å²) < 4.78 is 0. The lowest BCUT2D eigenvalue weighted by molar-refractivity contribution is 0.513. The summed E-state index contributed by atoms with van der Waals surface area (Å²) in [6.07, 6.45) is 3.50. The molecule has 0 aliphatic carbocycles. The van der Waals surface area contributed by atoms with E-state index in [0.29, 0.717) is 6.04 Å². The van der Waals surface area contributed by atoms with Gasteiger partial charge in [0.1, 0.15) is 0 Å². The summed E-state index contributed by atoms with van der Waals surface area (Å²) >= 11 is 1.78. The maximum atomic E-state index is 4.45. The van der Waals surface area contributed by atoms with Gasteiger partial charge in [-0.25, -0.2) is 4.98 Å². The van der Waals surface area contributed by atoms with Gasteiger partial charge in [0.2, 0.25) is 0 Å². The van der Waals surface area contributed by atoms with Crippen molar-refractivity contribution in [3.05, 3.63) is 16.1 Å². The van der Waals surface area contributed by atoms with E-state index in [0.717, 1.165) is 18.7 Å². The van der Waals surface area contributed by atoms with E-state index in [1.165, 1.54) is 17.8 Å². The van der Waals surface area contributed by atoms with Crippen LogP contribution in [0, 0.1) is 6.92 Å². The number of aryl methyl sites for hydroxylation is 2. The molecule has 80 valence electrons. The van der Waals surface area contributed by atoms with Crippen molar-refractivity contribution in [3.63, 3.8) is 0 Å². The van der Waals surface area contributed by atoms with Gasteiger partial charge in [-0.2, -0.15) is 0 Å². The minimum Gasteiger partial charge on any atom is -0.314 e. The van der Waals surface area contributed by atoms with E-state index in [1.54, 1.807) is 11.3 Å². The number of thiazole rings is 1. The van der Waals surface area contributed by atoms with E-state index in [-0.39, 0.29) is 0 Å². The maximum absolute atomic E-state index is 4.45. The Morgan fingerprint density at radius 3 is 2.93 bits per heavy atom. The summed E-state index contributed by atoms with van der Waals surface area (Å²) in [6, 6.07) is 0.610. The Hall–Kier alpha value is -0.410. The van der Waals surface area contributed by atoms with Crippen molar-refractivity contribution in [3.8, 4) is 0 Å². The first-order valence-electron chi connectivity index (χ1n) is 5.36. The molecule has 3 heteroatoms. The van der Waals surface area contributed by atoms with Gasteiger partial charge in [-0.3, -0.25) is 0 Å². The summed E-state index contributed by atoms with van der Waals surface area (Å²) in [7, 11) is 0. The summed E-state index contributed by atoms with van der Waals surface area (Å²) in [6.45, 7) is 7.62. The van der Waals surface area contributed by atoms with Crippen molar-refractivity contribution in [2.75, 3.05) is 6.54 Å². The largest absolute Gasteiger partial charge is 0.314 e. The first kappa shape index (κ1) is 11.7. The fourth-order valence-electron chi connectivity index (χ4n) is 1.35. The molecule has 0 aromatic carbocycles. The van der Waals surface area contributed by atoms with E-state index in [4.69, 9.17) is 0 Å². The third-order valence-electron chi connectivity index (χ3n) is 2.20. The van der Waals surface area contributed by atoms with Crippen LogP contribution in [0.2, 0.25) is 0 Å². The van der Waals surface area contributed by atoms with Crippen LogP contribution in [0.15, 0.2) is 5.38 Å². The normalized spacial score (nSPS) is 13.1. The standard InChI is InChI=1S/C11H20N2S/c1-4-7-12-9(2)5-6-11-13-10(3)8-14-11/h8-9,12H,4-7H2,1-3H3. The molecule has 0 radical (unpaired) electrons. The first-order chi connectivity index (χ1) is 6.72. The fourth-order valence-corrected chi connectivity index (χ4v) is 2.14. The Morgan fingerprint density at radius 1 is 1.57 bits per heavy atom. The number of rotatable bonds is 6. The minimum absolute atomic E-state index is 0.610. The molecule has 1 unspecified atom stereocenters. The molecular formula is C11H20N2S. The molecule has 1 atom stereocenters. The molecule has 1 aromatic heterocycles. The number of nitrogens with one attached hydrogen (secondary N) is 1. The highest BCUT2D eigenvalue weighted by molar-refractivity contribution is 7.09. The second kappa shape index (κ2) is 6.14. The van der Waals surface area contributed by atoms with Gasteiger partial charge >= 0.3 is 0 Å². The molecule has 0 saturated carbocycles. The molecule has 1 N–H and O–H groups in total. The Bertz CT molecular complexity index is 258. The number of nitrogens with zero attached hydrogens (tertiary/aromatic N) is 1. The number of hydrogen-bond acceptors (Lipinski definition) is 3. The second-order valence-electron chi connectivity index (χ2n) is 3.78. The molecule has 0 spiro atoms. The zero-order valence-electron chi connectivity index (χ0n) is 9.34. The zero-order chi connectivity index (χ0) is 10.4. The minimum atomic E-state index is 0.610. The van der Waals surface area contributed by atoms with Crippen molar-refractivity contribution < 1.29 is 0 Å². The van der Waals surface area contributed by atoms with E-state index in [9.17, 15) is 0 Å². The van der Waals surface area contributed by atoms with E-state index < -0.39 is 0 Å². The summed E-state index contributed by atoms with van der Waals surface area (Å²) in [4.78, 5) is 4.45. The highest BCUT2D eigenvalue weighted by Gasteiger charge is 2.03. The molecule has 0 bridgehead atoms. The average Bonchev–Trinajstić information content (AvgIpc) is 2.58. The van der Waals surface area contributed by atoms with Gasteiger partial charge < -0.3 is 5.32 Å². The van der Waals surface area contributed by atoms with Gasteiger partial charge in [0.05, 0.1) is 5.01 Å². The number of hydrogen-bond donors (Lipinski definition) is 1. The van der Waals surface area contributed by atoms with Crippen LogP contribution in [0.1, 0.15) is 37.4 Å². The maximum Gasteiger partial charge on any atom is 0.0928 e. The van der Waals surface area contributed by atoms with Crippen LogP contribution >= 0.6 is 11.3 Å². The fraction of sp³-hybridized carbons (Fsp3) is 0.727. The van der Waals surface area contributed by atoms with Gasteiger partial charge in [-0.1, -0.05) is 6.92 Å². The number of aromatic nitrogens is 1. The Morgan fingerprint density at radius 2 is 2.36 bits per heavy atom. The van der Waals surface area contributed by atoms with Crippen LogP contribution in [0.4, 0.5) is 0 Å². The first-order valence-corrected chi connectivity index (χ1v) is 6.24. The molecule has 0 amide bonds. The van der Waals surface area contributed by atoms with Gasteiger partial charge in [-0.15, -0.1) is 11.3 Å². The Balaban J connectivity index is 2.20. The molecule has 1 aromatic rings. The summed E-state index contributed by atoms with van der Waals surface area (Å²) in [5.74, 6) is 0. The van der Waals surface area contributed by atoms with Crippen LogP contribution in [-0.2, 0) is 6.42 Å². The van der Waals surface area contributed by atoms with E-state index in [1.807, 2.05) is 0 Å². The quantitative estimate of drug-likeness (QED) is 0.784. The van der Waals surface area contributed by atoms with Crippen molar-refractivity contribution in [2.45, 2.75) is 46.1 Å². The monoisotopic (exact) mass is 212 g/mol. The molecular weight excluding hydrogens is 192 g/mol. The lowest BCUT2D eigenvalue weighted by Gasteiger charge is -2.11. The SMILES string of the molecule is CCCNC(C)CCc1nc(C)cs1. The van der Waals surface area contributed by atoms with Crippen LogP contribution in [-0.4, -0.2) is 17.6 Å². The van der Waals surface area contributed by atoms with E-state index >= 15 is 0 Å². The van der Waals surface area contributed by atoms with Gasteiger partial charge in [-0.05, 0) is 33.2 Å². The predicted molar refractivity (Wildman–Crippen MR) is 62.9 cm³/mol. The topological polar surface area (TPSA) is 24.9 Å². The van der Waals surface area contributed by atoms with Gasteiger partial charge in [0, 0.05) is 23.5 Å². The van der Waals surface area contributed by atoms with Crippen molar-refractivity contribution >= 4 is 11.3 Å². The van der Waals surface area contributed by atoms with Crippen molar-refractivity contribution in [1.82, 2.24) is 10.3 Å². The third-order valence-corrected chi connectivity index (χ3v) is 3.23. The predicted octanol–water partition coefficient (Wildman–Crippen LogP) is 2.77. The Kier molecular flexibility index (Phi) is 5.12. The molecule has 1 heterocycles. The summed E-state index contributed by atoms with van der Waals surface area (Å²) in [5.41, 5.74) is 1.15. The van der Waals surface area contributed by atoms with Crippen molar-refractivity contribution in [2.24, 2.45) is 0 Å². The van der Waals surface area contributed by atoms with Gasteiger partial charge in [0.25, 0.3) is 0 Å². The lowest BCUT2D eigenvalue weighted by atomic mass is 10.2. The third kappa shape index (κ3) is 4.20. The van der Waals surface area contributed by atoms with Gasteiger partial charge in [0.15, 0.2) is 0 Å². The highest BCUT2D eigenvalue weighted by atomic mass is 32.1. The molecule has 1 rings (SSSR count). The highest BCUT2D eigenvalue weighted by Crippen LogP contribution is 2.11. The average molecular weight is 212 g/mol. The Labute approximate surface area is 90.8 Å².